The molecule has 0 aromatic heterocycles. The number of rotatable bonds is 5. The molecule has 5 nitrogen and oxygen atoms in total. The number of hydrogen-bond donors (Lipinski definition) is 2. The van der Waals surface area contributed by atoms with Gasteiger partial charge in [-0.25, -0.2) is 17.5 Å². The van der Waals surface area contributed by atoms with Gasteiger partial charge in [-0.1, -0.05) is 0 Å². The van der Waals surface area contributed by atoms with E-state index in [1.54, 1.807) is 6.92 Å². The number of anilines is 1. The zero-order valence-corrected chi connectivity index (χ0v) is 13.6. The molecular weight excluding hydrogens is 313 g/mol. The summed E-state index contributed by atoms with van der Waals surface area (Å²) in [4.78, 5) is 2.26. The molecule has 8 heteroatoms. The number of sulfonamides is 1. The summed E-state index contributed by atoms with van der Waals surface area (Å²) in [6.07, 6.45) is 0. The van der Waals surface area contributed by atoms with E-state index >= 15 is 0 Å². The van der Waals surface area contributed by atoms with Crippen molar-refractivity contribution >= 4 is 27.5 Å². The quantitative estimate of drug-likeness (QED) is 0.788. The van der Waals surface area contributed by atoms with Crippen LogP contribution in [0.15, 0.2) is 17.0 Å². The third-order valence-electron chi connectivity index (χ3n) is 3.41. The third kappa shape index (κ3) is 4.32. The summed E-state index contributed by atoms with van der Waals surface area (Å²) in [5.41, 5.74) is 5.65. The summed E-state index contributed by atoms with van der Waals surface area (Å²) < 4.78 is 40.3. The van der Waals surface area contributed by atoms with Gasteiger partial charge in [0.05, 0.1) is 10.6 Å². The number of thioether (sulfide) groups is 1. The summed E-state index contributed by atoms with van der Waals surface area (Å²) in [5, 5.41) is 0. The second-order valence-corrected chi connectivity index (χ2v) is 7.95. The first-order valence-electron chi connectivity index (χ1n) is 6.75. The Hall–Kier alpha value is -0.830. The van der Waals surface area contributed by atoms with Gasteiger partial charge >= 0.3 is 0 Å². The van der Waals surface area contributed by atoms with E-state index in [1.165, 1.54) is 6.07 Å². The Labute approximate surface area is 129 Å². The minimum Gasteiger partial charge on any atom is -0.396 e. The van der Waals surface area contributed by atoms with Gasteiger partial charge < -0.3 is 10.6 Å². The summed E-state index contributed by atoms with van der Waals surface area (Å²) in [6, 6.07) is 2.32. The van der Waals surface area contributed by atoms with E-state index in [-0.39, 0.29) is 10.6 Å². The Morgan fingerprint density at radius 3 is 2.71 bits per heavy atom. The van der Waals surface area contributed by atoms with Gasteiger partial charge in [-0.15, -0.1) is 0 Å². The van der Waals surface area contributed by atoms with Crippen molar-refractivity contribution in [1.82, 2.24) is 9.62 Å². The van der Waals surface area contributed by atoms with Gasteiger partial charge in [0, 0.05) is 37.7 Å². The molecule has 1 aromatic carbocycles. The van der Waals surface area contributed by atoms with Crippen molar-refractivity contribution in [2.45, 2.75) is 11.8 Å². The number of nitrogens with one attached hydrogen (secondary N) is 1. The first-order valence-corrected chi connectivity index (χ1v) is 9.39. The van der Waals surface area contributed by atoms with Gasteiger partial charge in [-0.05, 0) is 24.6 Å². The minimum absolute atomic E-state index is 0.0376. The van der Waals surface area contributed by atoms with E-state index in [4.69, 9.17) is 5.73 Å². The molecule has 1 aliphatic rings. The van der Waals surface area contributed by atoms with Gasteiger partial charge in [-0.3, -0.25) is 0 Å². The second-order valence-electron chi connectivity index (χ2n) is 4.99. The van der Waals surface area contributed by atoms with Crippen LogP contribution in [0.3, 0.4) is 0 Å². The lowest BCUT2D eigenvalue weighted by atomic mass is 10.2. The minimum atomic E-state index is -3.66. The topological polar surface area (TPSA) is 75.4 Å². The van der Waals surface area contributed by atoms with Crippen molar-refractivity contribution in [1.29, 1.82) is 0 Å². The maximum Gasteiger partial charge on any atom is 0.240 e. The summed E-state index contributed by atoms with van der Waals surface area (Å²) >= 11 is 1.91. The molecular formula is C13H20FN3O2S2. The second kappa shape index (κ2) is 6.95. The van der Waals surface area contributed by atoms with Crippen molar-refractivity contribution in [3.8, 4) is 0 Å². The monoisotopic (exact) mass is 333 g/mol. The van der Waals surface area contributed by atoms with Crippen molar-refractivity contribution in [3.05, 3.63) is 23.5 Å². The standard InChI is InChI=1S/C13H20FN3O2S2/c1-10-8-11(14)12(15)9-13(10)21(18,19)16-2-3-17-4-6-20-7-5-17/h8-9,16H,2-7,15H2,1H3. The smallest absolute Gasteiger partial charge is 0.240 e. The third-order valence-corrected chi connectivity index (χ3v) is 5.95. The van der Waals surface area contributed by atoms with Gasteiger partial charge in [-0.2, -0.15) is 11.8 Å². The van der Waals surface area contributed by atoms with E-state index in [9.17, 15) is 12.8 Å². The molecule has 1 aliphatic heterocycles. The predicted molar refractivity (Wildman–Crippen MR) is 84.5 cm³/mol. The van der Waals surface area contributed by atoms with Crippen molar-refractivity contribution in [2.75, 3.05) is 43.4 Å². The summed E-state index contributed by atoms with van der Waals surface area (Å²) in [5.74, 6) is 1.57. The fourth-order valence-corrected chi connectivity index (χ4v) is 4.46. The Balaban J connectivity index is 1.99. The molecule has 1 saturated heterocycles. The Morgan fingerprint density at radius 2 is 2.05 bits per heavy atom. The molecule has 1 fully saturated rings. The predicted octanol–water partition coefficient (Wildman–Crippen LogP) is 1.04. The van der Waals surface area contributed by atoms with E-state index < -0.39 is 15.8 Å². The van der Waals surface area contributed by atoms with Crippen molar-refractivity contribution in [2.24, 2.45) is 0 Å². The number of nitrogen functional groups attached to an aromatic ring is 1. The Morgan fingerprint density at radius 1 is 1.38 bits per heavy atom. The number of aryl methyl sites for hydroxylation is 1. The summed E-state index contributed by atoms with van der Waals surface area (Å²) in [6.45, 7) is 4.53. The molecule has 1 heterocycles. The molecule has 0 saturated carbocycles. The number of nitrogens with two attached hydrogens (primary N) is 1. The van der Waals surface area contributed by atoms with Crippen LogP contribution in [0.5, 0.6) is 0 Å². The van der Waals surface area contributed by atoms with Gasteiger partial charge in [0.15, 0.2) is 0 Å². The van der Waals surface area contributed by atoms with Crippen LogP contribution in [-0.4, -0.2) is 51.0 Å². The van der Waals surface area contributed by atoms with Crippen molar-refractivity contribution < 1.29 is 12.8 Å². The molecule has 3 N–H and O–H groups in total. The molecule has 0 radical (unpaired) electrons. The lowest BCUT2D eigenvalue weighted by Crippen LogP contribution is -2.39. The van der Waals surface area contributed by atoms with Crippen LogP contribution in [0.25, 0.3) is 0 Å². The number of hydrogen-bond acceptors (Lipinski definition) is 5. The molecule has 0 spiro atoms. The zero-order chi connectivity index (χ0) is 15.5. The van der Waals surface area contributed by atoms with Crippen LogP contribution < -0.4 is 10.5 Å². The maximum absolute atomic E-state index is 13.3. The molecule has 0 amide bonds. The Kier molecular flexibility index (Phi) is 5.48. The lowest BCUT2D eigenvalue weighted by molar-refractivity contribution is 0.307. The number of nitrogens with zero attached hydrogens (tertiary/aromatic N) is 1. The van der Waals surface area contributed by atoms with E-state index in [0.29, 0.717) is 18.7 Å². The first kappa shape index (κ1) is 16.5. The average Bonchev–Trinajstić information content (AvgIpc) is 2.43. The van der Waals surface area contributed by atoms with Crippen LogP contribution in [-0.2, 0) is 10.0 Å². The molecule has 21 heavy (non-hydrogen) atoms. The van der Waals surface area contributed by atoms with Crippen LogP contribution in [0.2, 0.25) is 0 Å². The molecule has 1 aromatic rings. The highest BCUT2D eigenvalue weighted by Gasteiger charge is 2.19. The zero-order valence-electron chi connectivity index (χ0n) is 11.9. The molecule has 0 atom stereocenters. The van der Waals surface area contributed by atoms with Gasteiger partial charge in [0.25, 0.3) is 0 Å². The maximum atomic E-state index is 13.3. The fourth-order valence-electron chi connectivity index (χ4n) is 2.20. The van der Waals surface area contributed by atoms with E-state index in [2.05, 4.69) is 9.62 Å². The highest BCUT2D eigenvalue weighted by Crippen LogP contribution is 2.21. The molecule has 0 aliphatic carbocycles. The fraction of sp³-hybridized carbons (Fsp3) is 0.538. The number of benzene rings is 1. The van der Waals surface area contributed by atoms with Gasteiger partial charge in [0.2, 0.25) is 10.0 Å². The van der Waals surface area contributed by atoms with E-state index in [1.807, 2.05) is 11.8 Å². The average molecular weight is 333 g/mol. The van der Waals surface area contributed by atoms with Crippen LogP contribution in [0.1, 0.15) is 5.56 Å². The first-order chi connectivity index (χ1) is 9.90. The van der Waals surface area contributed by atoms with Crippen molar-refractivity contribution in [3.63, 3.8) is 0 Å². The van der Waals surface area contributed by atoms with Crippen LogP contribution in [0.4, 0.5) is 10.1 Å². The normalized spacial score (nSPS) is 17.0. The molecule has 0 unspecified atom stereocenters. The summed E-state index contributed by atoms with van der Waals surface area (Å²) in [7, 11) is -3.66. The molecule has 0 bridgehead atoms. The Bertz CT molecular complexity index is 602. The highest BCUT2D eigenvalue weighted by molar-refractivity contribution is 7.99. The van der Waals surface area contributed by atoms with Crippen LogP contribution in [0, 0.1) is 12.7 Å². The lowest BCUT2D eigenvalue weighted by Gasteiger charge is -2.26. The molecule has 118 valence electrons. The molecule has 2 rings (SSSR count). The van der Waals surface area contributed by atoms with Crippen LogP contribution >= 0.6 is 11.8 Å². The highest BCUT2D eigenvalue weighted by atomic mass is 32.2. The number of halogens is 1. The largest absolute Gasteiger partial charge is 0.396 e. The van der Waals surface area contributed by atoms with E-state index in [0.717, 1.165) is 30.7 Å². The SMILES string of the molecule is Cc1cc(F)c(N)cc1S(=O)(=O)NCCN1CCSCC1. The van der Waals surface area contributed by atoms with Gasteiger partial charge in [0.1, 0.15) is 5.82 Å².